The summed E-state index contributed by atoms with van der Waals surface area (Å²) in [5.74, 6) is 0. The van der Waals surface area contributed by atoms with Crippen molar-refractivity contribution in [2.45, 2.75) is 91.1 Å². The van der Waals surface area contributed by atoms with E-state index in [2.05, 4.69) is 31.4 Å². The van der Waals surface area contributed by atoms with Crippen LogP contribution in [0.1, 0.15) is 85.0 Å². The van der Waals surface area contributed by atoms with Gasteiger partial charge in [-0.1, -0.05) is 72.1 Å². The van der Waals surface area contributed by atoms with E-state index in [1.54, 1.807) is 0 Å². The molecule has 2 N–H and O–H groups in total. The van der Waals surface area contributed by atoms with Crippen molar-refractivity contribution in [2.75, 3.05) is 13.1 Å². The molecule has 1 atom stereocenters. The highest BCUT2D eigenvalue weighted by Crippen LogP contribution is 2.09. The van der Waals surface area contributed by atoms with Gasteiger partial charge in [-0.15, -0.1) is 0 Å². The van der Waals surface area contributed by atoms with E-state index in [9.17, 15) is 0 Å². The molecule has 0 radical (unpaired) electrons. The Hall–Kier alpha value is -0.0800. The van der Waals surface area contributed by atoms with Crippen LogP contribution in [0.15, 0.2) is 0 Å². The van der Waals surface area contributed by atoms with Crippen molar-refractivity contribution in [3.8, 4) is 0 Å². The Morgan fingerprint density at radius 1 is 0.667 bits per heavy atom. The first-order chi connectivity index (χ1) is 8.85. The van der Waals surface area contributed by atoms with Crippen molar-refractivity contribution < 1.29 is 0 Å². The van der Waals surface area contributed by atoms with Crippen LogP contribution < -0.4 is 10.6 Å². The Morgan fingerprint density at radius 3 is 1.89 bits per heavy atom. The second-order valence-corrected chi connectivity index (χ2v) is 5.33. The van der Waals surface area contributed by atoms with E-state index < -0.39 is 0 Å². The summed E-state index contributed by atoms with van der Waals surface area (Å²) in [4.78, 5) is 0. The SMILES string of the molecule is CCCCCCCCCC(NCC)NCCCC. The van der Waals surface area contributed by atoms with Crippen molar-refractivity contribution in [1.82, 2.24) is 10.6 Å². The van der Waals surface area contributed by atoms with Crippen LogP contribution in [0.4, 0.5) is 0 Å². The van der Waals surface area contributed by atoms with E-state index in [1.807, 2.05) is 0 Å². The van der Waals surface area contributed by atoms with E-state index in [-0.39, 0.29) is 0 Å². The van der Waals surface area contributed by atoms with Gasteiger partial charge >= 0.3 is 0 Å². The van der Waals surface area contributed by atoms with E-state index >= 15 is 0 Å². The Balaban J connectivity index is 3.39. The molecule has 0 fully saturated rings. The molecule has 2 nitrogen and oxygen atoms in total. The molecule has 0 spiro atoms. The first-order valence-corrected chi connectivity index (χ1v) is 8.31. The molecule has 0 aliphatic carbocycles. The fourth-order valence-corrected chi connectivity index (χ4v) is 2.28. The predicted molar refractivity (Wildman–Crippen MR) is 83.0 cm³/mol. The molecule has 0 aliphatic heterocycles. The van der Waals surface area contributed by atoms with Gasteiger partial charge in [0.15, 0.2) is 0 Å². The fourth-order valence-electron chi connectivity index (χ4n) is 2.28. The maximum absolute atomic E-state index is 3.62. The minimum Gasteiger partial charge on any atom is -0.302 e. The Labute approximate surface area is 115 Å². The van der Waals surface area contributed by atoms with Gasteiger partial charge < -0.3 is 10.6 Å². The molecular formula is C16H36N2. The van der Waals surface area contributed by atoms with Crippen LogP contribution in [-0.4, -0.2) is 19.3 Å². The molecule has 0 aliphatic rings. The van der Waals surface area contributed by atoms with E-state index in [0.29, 0.717) is 6.17 Å². The molecular weight excluding hydrogens is 220 g/mol. The van der Waals surface area contributed by atoms with E-state index in [1.165, 1.54) is 64.2 Å². The zero-order chi connectivity index (χ0) is 13.5. The minimum absolute atomic E-state index is 0.539. The quantitative estimate of drug-likeness (QED) is 0.354. The lowest BCUT2D eigenvalue weighted by atomic mass is 10.1. The molecule has 2 heteroatoms. The summed E-state index contributed by atoms with van der Waals surface area (Å²) in [6.07, 6.45) is 14.2. The van der Waals surface area contributed by atoms with Crippen LogP contribution in [0.5, 0.6) is 0 Å². The van der Waals surface area contributed by atoms with Gasteiger partial charge in [-0.05, 0) is 25.9 Å². The summed E-state index contributed by atoms with van der Waals surface area (Å²) in [7, 11) is 0. The van der Waals surface area contributed by atoms with Gasteiger partial charge in [0.1, 0.15) is 0 Å². The predicted octanol–water partition coefficient (Wildman–Crippen LogP) is 4.45. The Kier molecular flexibility index (Phi) is 14.9. The van der Waals surface area contributed by atoms with Crippen LogP contribution >= 0.6 is 0 Å². The Morgan fingerprint density at radius 2 is 1.28 bits per heavy atom. The maximum Gasteiger partial charge on any atom is 0.0571 e. The zero-order valence-electron chi connectivity index (χ0n) is 13.1. The third kappa shape index (κ3) is 12.4. The lowest BCUT2D eigenvalue weighted by molar-refractivity contribution is 0.389. The van der Waals surface area contributed by atoms with Gasteiger partial charge in [0.2, 0.25) is 0 Å². The third-order valence-electron chi connectivity index (χ3n) is 3.47. The summed E-state index contributed by atoms with van der Waals surface area (Å²) >= 11 is 0. The van der Waals surface area contributed by atoms with Gasteiger partial charge in [-0.3, -0.25) is 0 Å². The van der Waals surface area contributed by atoms with Gasteiger partial charge in [0.05, 0.1) is 6.17 Å². The normalized spacial score (nSPS) is 12.8. The fraction of sp³-hybridized carbons (Fsp3) is 1.00. The van der Waals surface area contributed by atoms with Crippen molar-refractivity contribution in [3.05, 3.63) is 0 Å². The second kappa shape index (κ2) is 15.0. The molecule has 0 amide bonds. The second-order valence-electron chi connectivity index (χ2n) is 5.33. The molecule has 110 valence electrons. The van der Waals surface area contributed by atoms with Gasteiger partial charge in [-0.25, -0.2) is 0 Å². The molecule has 0 aromatic heterocycles. The first-order valence-electron chi connectivity index (χ1n) is 8.31. The Bertz CT molecular complexity index is 148. The highest BCUT2D eigenvalue weighted by atomic mass is 15.1. The van der Waals surface area contributed by atoms with Gasteiger partial charge in [0.25, 0.3) is 0 Å². The number of rotatable bonds is 14. The lowest BCUT2D eigenvalue weighted by Gasteiger charge is -2.19. The van der Waals surface area contributed by atoms with Crippen LogP contribution in [0.3, 0.4) is 0 Å². The molecule has 0 bridgehead atoms. The highest BCUT2D eigenvalue weighted by Gasteiger charge is 2.04. The summed E-state index contributed by atoms with van der Waals surface area (Å²) in [6.45, 7) is 8.95. The average molecular weight is 256 g/mol. The molecule has 0 rings (SSSR count). The first kappa shape index (κ1) is 17.9. The molecule has 0 aromatic rings. The summed E-state index contributed by atoms with van der Waals surface area (Å²) in [5, 5.41) is 7.16. The highest BCUT2D eigenvalue weighted by molar-refractivity contribution is 4.63. The standard InChI is InChI=1S/C16H36N2/c1-4-7-9-10-11-12-13-14-16(17-6-3)18-15-8-5-2/h16-18H,4-15H2,1-3H3. The number of nitrogens with one attached hydrogen (secondary N) is 2. The summed E-state index contributed by atoms with van der Waals surface area (Å²) in [5.41, 5.74) is 0. The van der Waals surface area contributed by atoms with Crippen LogP contribution in [0.25, 0.3) is 0 Å². The monoisotopic (exact) mass is 256 g/mol. The van der Waals surface area contributed by atoms with E-state index in [0.717, 1.165) is 13.1 Å². The van der Waals surface area contributed by atoms with Crippen molar-refractivity contribution in [2.24, 2.45) is 0 Å². The smallest absolute Gasteiger partial charge is 0.0571 e. The molecule has 0 heterocycles. The molecule has 0 saturated carbocycles. The van der Waals surface area contributed by atoms with Crippen molar-refractivity contribution in [3.63, 3.8) is 0 Å². The summed E-state index contributed by atoms with van der Waals surface area (Å²) in [6, 6.07) is 0. The third-order valence-corrected chi connectivity index (χ3v) is 3.47. The summed E-state index contributed by atoms with van der Waals surface area (Å²) < 4.78 is 0. The van der Waals surface area contributed by atoms with Gasteiger partial charge in [-0.2, -0.15) is 0 Å². The minimum atomic E-state index is 0.539. The van der Waals surface area contributed by atoms with Crippen molar-refractivity contribution in [1.29, 1.82) is 0 Å². The van der Waals surface area contributed by atoms with Crippen molar-refractivity contribution >= 4 is 0 Å². The zero-order valence-corrected chi connectivity index (χ0v) is 13.1. The molecule has 0 saturated heterocycles. The van der Waals surface area contributed by atoms with Crippen LogP contribution in [0.2, 0.25) is 0 Å². The largest absolute Gasteiger partial charge is 0.302 e. The van der Waals surface area contributed by atoms with Crippen LogP contribution in [-0.2, 0) is 0 Å². The number of hydrogen-bond acceptors (Lipinski definition) is 2. The van der Waals surface area contributed by atoms with Gasteiger partial charge in [0, 0.05) is 0 Å². The molecule has 1 unspecified atom stereocenters. The van der Waals surface area contributed by atoms with Crippen LogP contribution in [0, 0.1) is 0 Å². The lowest BCUT2D eigenvalue weighted by Crippen LogP contribution is -2.42. The number of unbranched alkanes of at least 4 members (excludes halogenated alkanes) is 7. The molecule has 18 heavy (non-hydrogen) atoms. The van der Waals surface area contributed by atoms with E-state index in [4.69, 9.17) is 0 Å². The average Bonchev–Trinajstić information content (AvgIpc) is 2.38. The maximum atomic E-state index is 3.62. The number of hydrogen-bond donors (Lipinski definition) is 2. The molecule has 0 aromatic carbocycles. The topological polar surface area (TPSA) is 24.1 Å².